The summed E-state index contributed by atoms with van der Waals surface area (Å²) >= 11 is 0. The lowest BCUT2D eigenvalue weighted by Gasteiger charge is -2.21. The fourth-order valence-corrected chi connectivity index (χ4v) is 2.68. The van der Waals surface area contributed by atoms with Crippen molar-refractivity contribution >= 4 is 35.6 Å². The van der Waals surface area contributed by atoms with Gasteiger partial charge in [0.2, 0.25) is 0 Å². The minimum atomic E-state index is -0.422. The van der Waals surface area contributed by atoms with E-state index in [1.807, 2.05) is 25.1 Å². The van der Waals surface area contributed by atoms with Crippen molar-refractivity contribution in [1.82, 2.24) is 10.6 Å². The minimum Gasteiger partial charge on any atom is -0.497 e. The Balaban J connectivity index is 0.00000450. The number of aliphatic imine (C=N–C) groups is 1. The molecule has 0 radical (unpaired) electrons. The predicted octanol–water partition coefficient (Wildman–Crippen LogP) is 4.21. The van der Waals surface area contributed by atoms with E-state index in [9.17, 15) is 10.1 Å². The second-order valence-corrected chi connectivity index (χ2v) is 6.23. The monoisotopic (exact) mass is 526 g/mol. The summed E-state index contributed by atoms with van der Waals surface area (Å²) in [5, 5.41) is 17.3. The first kappa shape index (κ1) is 25.2. The number of hydrogen-bond donors (Lipinski definition) is 2. The summed E-state index contributed by atoms with van der Waals surface area (Å²) in [5.74, 6) is 2.06. The number of nitro groups is 1. The molecule has 0 saturated heterocycles. The smallest absolute Gasteiger partial charge is 0.269 e. The molecule has 0 heterocycles. The number of nitrogens with zero attached hydrogens (tertiary/aromatic N) is 2. The van der Waals surface area contributed by atoms with Crippen LogP contribution in [0.5, 0.6) is 11.5 Å². The normalized spacial score (nSPS) is 11.6. The molecule has 0 saturated carbocycles. The first-order valence-electron chi connectivity index (χ1n) is 9.09. The van der Waals surface area contributed by atoms with Crippen LogP contribution in [0.1, 0.15) is 24.1 Å². The zero-order valence-corrected chi connectivity index (χ0v) is 19.6. The topological polar surface area (TPSA) is 98.0 Å². The number of guanidine groups is 1. The van der Waals surface area contributed by atoms with Gasteiger partial charge >= 0.3 is 0 Å². The van der Waals surface area contributed by atoms with Crippen LogP contribution < -0.4 is 20.1 Å². The number of nitrogens with one attached hydrogen (secondary N) is 2. The van der Waals surface area contributed by atoms with Crippen LogP contribution >= 0.6 is 24.0 Å². The standard InChI is InChI=1S/C21H26N4O4.HI/c1-5-12-22-21(23-14-16-6-8-17(9-7-16)25(26)27)24-15(2)19-13-18(28-3)10-11-20(19)29-4;/h5-11,13,15H,1,12,14H2,2-4H3,(H2,22,23,24);1H. The maximum absolute atomic E-state index is 10.8. The van der Waals surface area contributed by atoms with Gasteiger partial charge in [-0.1, -0.05) is 18.2 Å². The summed E-state index contributed by atoms with van der Waals surface area (Å²) in [6, 6.07) is 11.8. The molecule has 162 valence electrons. The molecule has 1 unspecified atom stereocenters. The highest BCUT2D eigenvalue weighted by molar-refractivity contribution is 14.0. The quantitative estimate of drug-likeness (QED) is 0.127. The van der Waals surface area contributed by atoms with Gasteiger partial charge in [0, 0.05) is 24.2 Å². The van der Waals surface area contributed by atoms with Gasteiger partial charge in [0.25, 0.3) is 5.69 Å². The van der Waals surface area contributed by atoms with Crippen LogP contribution in [0.2, 0.25) is 0 Å². The van der Waals surface area contributed by atoms with Crippen LogP contribution in [-0.4, -0.2) is 31.6 Å². The van der Waals surface area contributed by atoms with Crippen molar-refractivity contribution in [2.75, 3.05) is 20.8 Å². The Bertz CT molecular complexity index is 872. The van der Waals surface area contributed by atoms with E-state index >= 15 is 0 Å². The molecule has 1 atom stereocenters. The molecule has 0 aliphatic rings. The fourth-order valence-electron chi connectivity index (χ4n) is 2.68. The third-order valence-corrected chi connectivity index (χ3v) is 4.24. The van der Waals surface area contributed by atoms with Gasteiger partial charge in [-0.2, -0.15) is 0 Å². The average molecular weight is 526 g/mol. The van der Waals surface area contributed by atoms with Gasteiger partial charge < -0.3 is 20.1 Å². The van der Waals surface area contributed by atoms with Gasteiger partial charge in [0.15, 0.2) is 5.96 Å². The Kier molecular flexibility index (Phi) is 10.7. The van der Waals surface area contributed by atoms with E-state index in [1.165, 1.54) is 12.1 Å². The zero-order valence-electron chi connectivity index (χ0n) is 17.3. The number of nitro benzene ring substituents is 1. The van der Waals surface area contributed by atoms with Crippen LogP contribution in [-0.2, 0) is 6.54 Å². The molecule has 2 aromatic rings. The second kappa shape index (κ2) is 12.7. The number of halogens is 1. The SMILES string of the molecule is C=CCNC(=NCc1ccc([N+](=O)[O-])cc1)NC(C)c1cc(OC)ccc1OC.I. The van der Waals surface area contributed by atoms with Crippen LogP contribution in [0.3, 0.4) is 0 Å². The van der Waals surface area contributed by atoms with Crippen molar-refractivity contribution < 1.29 is 14.4 Å². The van der Waals surface area contributed by atoms with Crippen molar-refractivity contribution in [3.05, 3.63) is 76.4 Å². The first-order chi connectivity index (χ1) is 14.0. The maximum atomic E-state index is 10.8. The van der Waals surface area contributed by atoms with E-state index in [0.29, 0.717) is 19.0 Å². The molecule has 30 heavy (non-hydrogen) atoms. The van der Waals surface area contributed by atoms with Gasteiger partial charge in [-0.05, 0) is 30.7 Å². The lowest BCUT2D eigenvalue weighted by atomic mass is 10.1. The maximum Gasteiger partial charge on any atom is 0.269 e. The molecular formula is C21H27IN4O4. The Morgan fingerprint density at radius 2 is 1.93 bits per heavy atom. The van der Waals surface area contributed by atoms with Gasteiger partial charge in [-0.3, -0.25) is 10.1 Å². The summed E-state index contributed by atoms with van der Waals surface area (Å²) in [4.78, 5) is 14.9. The number of hydrogen-bond acceptors (Lipinski definition) is 5. The van der Waals surface area contributed by atoms with Crippen LogP contribution in [0.15, 0.2) is 60.1 Å². The Hall–Kier alpha value is -2.82. The molecular weight excluding hydrogens is 499 g/mol. The predicted molar refractivity (Wildman–Crippen MR) is 129 cm³/mol. The van der Waals surface area contributed by atoms with Gasteiger partial charge in [0.05, 0.1) is 31.7 Å². The molecule has 2 aromatic carbocycles. The molecule has 0 fully saturated rings. The highest BCUT2D eigenvalue weighted by Gasteiger charge is 2.14. The molecule has 2 rings (SSSR count). The minimum absolute atomic E-state index is 0. The van der Waals surface area contributed by atoms with Crippen LogP contribution in [0.4, 0.5) is 5.69 Å². The first-order valence-corrected chi connectivity index (χ1v) is 9.09. The van der Waals surface area contributed by atoms with Crippen LogP contribution in [0.25, 0.3) is 0 Å². The van der Waals surface area contributed by atoms with Gasteiger partial charge in [-0.15, -0.1) is 30.6 Å². The van der Waals surface area contributed by atoms with E-state index in [-0.39, 0.29) is 35.7 Å². The van der Waals surface area contributed by atoms with E-state index in [4.69, 9.17) is 9.47 Å². The van der Waals surface area contributed by atoms with E-state index in [2.05, 4.69) is 22.2 Å². The van der Waals surface area contributed by atoms with Crippen molar-refractivity contribution in [2.45, 2.75) is 19.5 Å². The van der Waals surface area contributed by atoms with Crippen LogP contribution in [0, 0.1) is 10.1 Å². The average Bonchev–Trinajstić information content (AvgIpc) is 2.75. The molecule has 0 bridgehead atoms. The van der Waals surface area contributed by atoms with E-state index in [1.54, 1.807) is 32.4 Å². The summed E-state index contributed by atoms with van der Waals surface area (Å²) in [7, 11) is 3.24. The van der Waals surface area contributed by atoms with Crippen molar-refractivity contribution in [3.63, 3.8) is 0 Å². The third kappa shape index (κ3) is 7.21. The Labute approximate surface area is 193 Å². The summed E-state index contributed by atoms with van der Waals surface area (Å²) in [6.07, 6.45) is 1.74. The van der Waals surface area contributed by atoms with E-state index in [0.717, 1.165) is 22.6 Å². The molecule has 9 heteroatoms. The molecule has 2 N–H and O–H groups in total. The molecule has 8 nitrogen and oxygen atoms in total. The van der Waals surface area contributed by atoms with Crippen molar-refractivity contribution in [2.24, 2.45) is 4.99 Å². The highest BCUT2D eigenvalue weighted by atomic mass is 127. The van der Waals surface area contributed by atoms with E-state index < -0.39 is 4.92 Å². The lowest BCUT2D eigenvalue weighted by Crippen LogP contribution is -2.39. The third-order valence-electron chi connectivity index (χ3n) is 4.24. The summed E-state index contributed by atoms with van der Waals surface area (Å²) in [6.45, 7) is 6.62. The number of ether oxygens (including phenoxy) is 2. The summed E-state index contributed by atoms with van der Waals surface area (Å²) in [5.41, 5.74) is 1.84. The highest BCUT2D eigenvalue weighted by Crippen LogP contribution is 2.29. The number of non-ortho nitro benzene ring substituents is 1. The Morgan fingerprint density at radius 1 is 1.23 bits per heavy atom. The van der Waals surface area contributed by atoms with Gasteiger partial charge in [0.1, 0.15) is 11.5 Å². The van der Waals surface area contributed by atoms with Gasteiger partial charge in [-0.25, -0.2) is 4.99 Å². The Morgan fingerprint density at radius 3 is 2.50 bits per heavy atom. The van der Waals surface area contributed by atoms with Crippen molar-refractivity contribution in [3.8, 4) is 11.5 Å². The second-order valence-electron chi connectivity index (χ2n) is 6.23. The molecule has 0 aromatic heterocycles. The molecule has 0 amide bonds. The molecule has 0 spiro atoms. The lowest BCUT2D eigenvalue weighted by molar-refractivity contribution is -0.384. The number of benzene rings is 2. The number of methoxy groups -OCH3 is 2. The number of rotatable bonds is 9. The molecule has 0 aliphatic carbocycles. The largest absolute Gasteiger partial charge is 0.497 e. The molecule has 0 aliphatic heterocycles. The summed E-state index contributed by atoms with van der Waals surface area (Å²) < 4.78 is 10.8. The zero-order chi connectivity index (χ0) is 21.2. The van der Waals surface area contributed by atoms with Crippen molar-refractivity contribution in [1.29, 1.82) is 0 Å². The fraction of sp³-hybridized carbons (Fsp3) is 0.286.